The molecule has 1 aliphatic carbocycles. The average Bonchev–Trinajstić information content (AvgIpc) is 3.00. The Morgan fingerprint density at radius 2 is 2.19 bits per heavy atom. The number of pyridine rings is 1. The number of aromatic nitrogens is 1. The zero-order chi connectivity index (χ0) is 15.0. The van der Waals surface area contributed by atoms with Gasteiger partial charge in [0.1, 0.15) is 11.4 Å². The summed E-state index contributed by atoms with van der Waals surface area (Å²) < 4.78 is 23.6. The minimum Gasteiger partial charge on any atom is -0.478 e. The molecule has 0 saturated carbocycles. The molecular weight excluding hydrogens is 292 g/mol. The molecule has 1 fully saturated rings. The molecule has 2 aliphatic rings. The molecule has 1 saturated heterocycles. The van der Waals surface area contributed by atoms with Crippen LogP contribution in [-0.4, -0.2) is 42.0 Å². The van der Waals surface area contributed by atoms with Crippen LogP contribution in [0.3, 0.4) is 0 Å². The summed E-state index contributed by atoms with van der Waals surface area (Å²) in [5, 5.41) is 11.8. The van der Waals surface area contributed by atoms with Gasteiger partial charge in [0.25, 0.3) is 0 Å². The quantitative estimate of drug-likeness (QED) is 0.869. The van der Waals surface area contributed by atoms with Crippen LogP contribution in [0.5, 0.6) is 0 Å². The molecule has 21 heavy (non-hydrogen) atoms. The lowest BCUT2D eigenvalue weighted by Crippen LogP contribution is -2.26. The predicted octanol–water partition coefficient (Wildman–Crippen LogP) is 1.26. The van der Waals surface area contributed by atoms with Crippen molar-refractivity contribution in [2.75, 3.05) is 17.6 Å². The zero-order valence-corrected chi connectivity index (χ0v) is 12.4. The number of carboxylic acids is 1. The van der Waals surface area contributed by atoms with Gasteiger partial charge in [-0.25, -0.2) is 18.2 Å². The van der Waals surface area contributed by atoms with E-state index in [0.717, 1.165) is 30.5 Å². The number of hydrogen-bond acceptors (Lipinski definition) is 5. The number of anilines is 1. The number of carbonyl (C=O) groups is 1. The van der Waals surface area contributed by atoms with Crippen molar-refractivity contribution >= 4 is 21.6 Å². The summed E-state index contributed by atoms with van der Waals surface area (Å²) in [7, 11) is -3.04. The second kappa shape index (κ2) is 5.29. The Morgan fingerprint density at radius 1 is 1.38 bits per heavy atom. The van der Waals surface area contributed by atoms with Crippen molar-refractivity contribution in [3.05, 3.63) is 22.9 Å². The predicted molar refractivity (Wildman–Crippen MR) is 78.5 cm³/mol. The van der Waals surface area contributed by atoms with E-state index in [1.165, 1.54) is 0 Å². The minimum atomic E-state index is -3.04. The Balaban J connectivity index is 1.83. The van der Waals surface area contributed by atoms with Crippen LogP contribution >= 0.6 is 0 Å². The molecule has 3 rings (SSSR count). The van der Waals surface area contributed by atoms with E-state index in [1.54, 1.807) is 6.07 Å². The lowest BCUT2D eigenvalue weighted by molar-refractivity contribution is 0.0697. The Bertz CT molecular complexity index is 684. The molecule has 0 bridgehead atoms. The smallest absolute Gasteiger partial charge is 0.339 e. The molecule has 1 aromatic heterocycles. The van der Waals surface area contributed by atoms with Gasteiger partial charge in [-0.05, 0) is 43.7 Å². The average molecular weight is 310 g/mol. The van der Waals surface area contributed by atoms with Crippen LogP contribution in [0.15, 0.2) is 6.07 Å². The molecule has 7 heteroatoms. The molecule has 1 atom stereocenters. The highest BCUT2D eigenvalue weighted by Gasteiger charge is 2.31. The SMILES string of the molecule is O=C(O)c1cc2c(nc1NCC1CCCS1(=O)=O)CCC2. The summed E-state index contributed by atoms with van der Waals surface area (Å²) in [6.07, 6.45) is 4.01. The first kappa shape index (κ1) is 14.3. The first-order chi connectivity index (χ1) is 9.97. The maximum absolute atomic E-state index is 11.8. The molecule has 1 aliphatic heterocycles. The van der Waals surface area contributed by atoms with E-state index in [-0.39, 0.29) is 17.9 Å². The van der Waals surface area contributed by atoms with Crippen LogP contribution in [0.2, 0.25) is 0 Å². The molecular formula is C14H18N2O4S. The fourth-order valence-electron chi connectivity index (χ4n) is 3.07. The largest absolute Gasteiger partial charge is 0.478 e. The van der Waals surface area contributed by atoms with Gasteiger partial charge in [0, 0.05) is 12.2 Å². The van der Waals surface area contributed by atoms with Crippen molar-refractivity contribution < 1.29 is 18.3 Å². The molecule has 1 unspecified atom stereocenters. The Hall–Kier alpha value is -1.63. The lowest BCUT2D eigenvalue weighted by atomic mass is 10.1. The van der Waals surface area contributed by atoms with Crippen molar-refractivity contribution in [1.82, 2.24) is 4.98 Å². The van der Waals surface area contributed by atoms with Gasteiger partial charge in [0.05, 0.1) is 11.0 Å². The standard InChI is InChI=1S/C14H18N2O4S/c17-14(18)11-7-9-3-1-5-12(9)16-13(11)15-8-10-4-2-6-21(10,19)20/h7,10H,1-6,8H2,(H,15,16)(H,17,18). The molecule has 0 radical (unpaired) electrons. The van der Waals surface area contributed by atoms with Crippen LogP contribution < -0.4 is 5.32 Å². The molecule has 2 N–H and O–H groups in total. The van der Waals surface area contributed by atoms with Gasteiger partial charge in [-0.3, -0.25) is 0 Å². The number of carboxylic acid groups (broad SMARTS) is 1. The molecule has 6 nitrogen and oxygen atoms in total. The number of nitrogens with zero attached hydrogens (tertiary/aromatic N) is 1. The first-order valence-corrected chi connectivity index (χ1v) is 8.90. The second-order valence-corrected chi connectivity index (χ2v) is 8.06. The summed E-state index contributed by atoms with van der Waals surface area (Å²) in [5.41, 5.74) is 2.05. The van der Waals surface area contributed by atoms with Crippen molar-refractivity contribution in [2.45, 2.75) is 37.4 Å². The van der Waals surface area contributed by atoms with E-state index in [4.69, 9.17) is 0 Å². The van der Waals surface area contributed by atoms with Crippen molar-refractivity contribution in [1.29, 1.82) is 0 Å². The third-order valence-corrected chi connectivity index (χ3v) is 6.52. The van der Waals surface area contributed by atoms with E-state index in [1.807, 2.05) is 0 Å². The fourth-order valence-corrected chi connectivity index (χ4v) is 4.83. The summed E-state index contributed by atoms with van der Waals surface area (Å²) >= 11 is 0. The zero-order valence-electron chi connectivity index (χ0n) is 11.6. The van der Waals surface area contributed by atoms with Gasteiger partial charge in [-0.15, -0.1) is 0 Å². The highest BCUT2D eigenvalue weighted by molar-refractivity contribution is 7.92. The van der Waals surface area contributed by atoms with Crippen LogP contribution in [0, 0.1) is 0 Å². The van der Waals surface area contributed by atoms with Gasteiger partial charge < -0.3 is 10.4 Å². The van der Waals surface area contributed by atoms with Crippen molar-refractivity contribution in [3.8, 4) is 0 Å². The van der Waals surface area contributed by atoms with Gasteiger partial charge >= 0.3 is 5.97 Å². The third-order valence-electron chi connectivity index (χ3n) is 4.24. The molecule has 0 spiro atoms. The van der Waals surface area contributed by atoms with E-state index in [2.05, 4.69) is 10.3 Å². The van der Waals surface area contributed by atoms with Crippen LogP contribution in [0.4, 0.5) is 5.82 Å². The van der Waals surface area contributed by atoms with E-state index in [9.17, 15) is 18.3 Å². The van der Waals surface area contributed by atoms with Crippen LogP contribution in [0.25, 0.3) is 0 Å². The molecule has 0 aromatic carbocycles. The van der Waals surface area contributed by atoms with Crippen molar-refractivity contribution in [2.24, 2.45) is 0 Å². The van der Waals surface area contributed by atoms with Crippen molar-refractivity contribution in [3.63, 3.8) is 0 Å². The summed E-state index contributed by atoms with van der Waals surface area (Å²) in [4.78, 5) is 15.7. The summed E-state index contributed by atoms with van der Waals surface area (Å²) in [6, 6.07) is 1.67. The van der Waals surface area contributed by atoms with E-state index >= 15 is 0 Å². The number of rotatable bonds is 4. The third kappa shape index (κ3) is 2.74. The van der Waals surface area contributed by atoms with Crippen LogP contribution in [-0.2, 0) is 22.7 Å². The minimum absolute atomic E-state index is 0.131. The maximum atomic E-state index is 11.8. The highest BCUT2D eigenvalue weighted by atomic mass is 32.2. The Morgan fingerprint density at radius 3 is 2.86 bits per heavy atom. The van der Waals surface area contributed by atoms with Gasteiger partial charge in [0.2, 0.25) is 0 Å². The van der Waals surface area contributed by atoms with Gasteiger partial charge in [0.15, 0.2) is 9.84 Å². The number of sulfone groups is 1. The Labute approximate surface area is 123 Å². The monoisotopic (exact) mass is 310 g/mol. The number of nitrogens with one attached hydrogen (secondary N) is 1. The van der Waals surface area contributed by atoms with E-state index in [0.29, 0.717) is 18.7 Å². The lowest BCUT2D eigenvalue weighted by Gasteiger charge is -2.14. The molecule has 2 heterocycles. The summed E-state index contributed by atoms with van der Waals surface area (Å²) in [5.74, 6) is -0.512. The topological polar surface area (TPSA) is 96.4 Å². The summed E-state index contributed by atoms with van der Waals surface area (Å²) in [6.45, 7) is 0.231. The molecule has 0 amide bonds. The van der Waals surface area contributed by atoms with Gasteiger partial charge in [-0.2, -0.15) is 0 Å². The maximum Gasteiger partial charge on any atom is 0.339 e. The number of aryl methyl sites for hydroxylation is 2. The molecule has 1 aromatic rings. The Kier molecular flexibility index (Phi) is 3.61. The fraction of sp³-hybridized carbons (Fsp3) is 0.571. The number of fused-ring (bicyclic) bond motifs is 1. The normalized spacial score (nSPS) is 23.0. The van der Waals surface area contributed by atoms with Gasteiger partial charge in [-0.1, -0.05) is 0 Å². The molecule has 114 valence electrons. The van der Waals surface area contributed by atoms with Crippen LogP contribution in [0.1, 0.15) is 40.9 Å². The first-order valence-electron chi connectivity index (χ1n) is 7.19. The van der Waals surface area contributed by atoms with E-state index < -0.39 is 21.1 Å². The number of aromatic carboxylic acids is 1. The second-order valence-electron chi connectivity index (χ2n) is 5.66. The number of hydrogen-bond donors (Lipinski definition) is 2. The highest BCUT2D eigenvalue weighted by Crippen LogP contribution is 2.26.